The fraction of sp³-hybridized carbons (Fsp3) is 0.286. The number of hydrogen-bond acceptors (Lipinski definition) is 3. The van der Waals surface area contributed by atoms with E-state index in [1.807, 2.05) is 18.2 Å². The molecule has 0 saturated carbocycles. The molecule has 1 aromatic carbocycles. The molecule has 3 aromatic rings. The topological polar surface area (TPSA) is 59.6 Å². The molecule has 3 rings (SSSR count). The predicted molar refractivity (Wildman–Crippen MR) is 81.7 cm³/mol. The van der Waals surface area contributed by atoms with Crippen molar-refractivity contribution < 1.29 is 0 Å². The molecule has 0 amide bonds. The molecular formula is C14H16N4S. The zero-order valence-electron chi connectivity index (χ0n) is 11.0. The summed E-state index contributed by atoms with van der Waals surface area (Å²) in [7, 11) is 0. The number of fused-ring (bicyclic) bond motifs is 3. The number of nitrogen functional groups attached to an aromatic ring is 1. The molecule has 19 heavy (non-hydrogen) atoms. The number of benzene rings is 1. The highest BCUT2D eigenvalue weighted by Crippen LogP contribution is 2.28. The standard InChI is InChI=1S/C14H16N4S/c1-8(2)7-18-12-9-5-3-4-6-10(9)16-13(15)11(12)17-14(18)19/h3-6,8H,7H2,1-2H3,(H2,15,16)(H,17,19). The molecule has 0 bridgehead atoms. The summed E-state index contributed by atoms with van der Waals surface area (Å²) in [5.74, 6) is 1.01. The van der Waals surface area contributed by atoms with Gasteiger partial charge < -0.3 is 15.3 Å². The third-order valence-electron chi connectivity index (χ3n) is 3.19. The van der Waals surface area contributed by atoms with E-state index in [1.54, 1.807) is 0 Å². The molecule has 3 N–H and O–H groups in total. The smallest absolute Gasteiger partial charge is 0.178 e. The second-order valence-electron chi connectivity index (χ2n) is 5.17. The highest BCUT2D eigenvalue weighted by atomic mass is 32.1. The van der Waals surface area contributed by atoms with Crippen LogP contribution in [0, 0.1) is 10.7 Å². The van der Waals surface area contributed by atoms with E-state index in [0.29, 0.717) is 16.5 Å². The van der Waals surface area contributed by atoms with Gasteiger partial charge in [-0.15, -0.1) is 0 Å². The zero-order valence-corrected chi connectivity index (χ0v) is 11.8. The fourth-order valence-corrected chi connectivity index (χ4v) is 2.70. The van der Waals surface area contributed by atoms with Crippen LogP contribution in [0.3, 0.4) is 0 Å². The second kappa shape index (κ2) is 4.35. The molecule has 4 nitrogen and oxygen atoms in total. The predicted octanol–water partition coefficient (Wildman–Crippen LogP) is 3.49. The molecule has 0 unspecified atom stereocenters. The number of nitrogens with two attached hydrogens (primary N) is 1. The summed E-state index contributed by atoms with van der Waals surface area (Å²) in [6.07, 6.45) is 0. The highest BCUT2D eigenvalue weighted by Gasteiger charge is 2.13. The highest BCUT2D eigenvalue weighted by molar-refractivity contribution is 7.71. The number of para-hydroxylation sites is 1. The lowest BCUT2D eigenvalue weighted by Crippen LogP contribution is -2.05. The van der Waals surface area contributed by atoms with Gasteiger partial charge >= 0.3 is 0 Å². The Morgan fingerprint density at radius 1 is 1.37 bits per heavy atom. The van der Waals surface area contributed by atoms with Gasteiger partial charge in [0.1, 0.15) is 11.3 Å². The van der Waals surface area contributed by atoms with Crippen molar-refractivity contribution in [2.24, 2.45) is 5.92 Å². The number of nitrogens with one attached hydrogen (secondary N) is 1. The molecular weight excluding hydrogens is 256 g/mol. The molecule has 0 aliphatic carbocycles. The first-order valence-corrected chi connectivity index (χ1v) is 6.75. The number of pyridine rings is 1. The molecule has 0 saturated heterocycles. The van der Waals surface area contributed by atoms with Crippen LogP contribution in [0.1, 0.15) is 13.8 Å². The number of hydrogen-bond donors (Lipinski definition) is 2. The Bertz CT molecular complexity index is 813. The third kappa shape index (κ3) is 1.90. The minimum absolute atomic E-state index is 0.502. The maximum Gasteiger partial charge on any atom is 0.178 e. The van der Waals surface area contributed by atoms with E-state index in [1.165, 1.54) is 0 Å². The Labute approximate surface area is 116 Å². The molecule has 0 atom stereocenters. The summed E-state index contributed by atoms with van der Waals surface area (Å²) in [5, 5.41) is 1.08. The maximum atomic E-state index is 6.03. The van der Waals surface area contributed by atoms with E-state index in [-0.39, 0.29) is 0 Å². The van der Waals surface area contributed by atoms with E-state index < -0.39 is 0 Å². The summed E-state index contributed by atoms with van der Waals surface area (Å²) in [6.45, 7) is 5.22. The largest absolute Gasteiger partial charge is 0.382 e. The van der Waals surface area contributed by atoms with Crippen molar-refractivity contribution in [3.63, 3.8) is 0 Å². The Hall–Kier alpha value is -1.88. The van der Waals surface area contributed by atoms with Crippen molar-refractivity contribution in [3.8, 4) is 0 Å². The van der Waals surface area contributed by atoms with Crippen LogP contribution < -0.4 is 5.73 Å². The van der Waals surface area contributed by atoms with Gasteiger partial charge in [0.2, 0.25) is 0 Å². The van der Waals surface area contributed by atoms with Gasteiger partial charge in [0.05, 0.1) is 11.0 Å². The minimum atomic E-state index is 0.502. The molecule has 0 spiro atoms. The van der Waals surface area contributed by atoms with Crippen molar-refractivity contribution in [2.45, 2.75) is 20.4 Å². The van der Waals surface area contributed by atoms with E-state index in [4.69, 9.17) is 18.0 Å². The molecule has 5 heteroatoms. The van der Waals surface area contributed by atoms with Gasteiger partial charge in [-0.3, -0.25) is 0 Å². The average Bonchev–Trinajstić information content (AvgIpc) is 2.68. The van der Waals surface area contributed by atoms with Crippen molar-refractivity contribution >= 4 is 40.0 Å². The van der Waals surface area contributed by atoms with Crippen LogP contribution in [0.25, 0.3) is 21.9 Å². The first-order valence-electron chi connectivity index (χ1n) is 6.34. The third-order valence-corrected chi connectivity index (χ3v) is 3.51. The number of rotatable bonds is 2. The van der Waals surface area contributed by atoms with Gasteiger partial charge in [-0.05, 0) is 24.2 Å². The zero-order chi connectivity index (χ0) is 13.6. The number of H-pyrrole nitrogens is 1. The Kier molecular flexibility index (Phi) is 2.78. The van der Waals surface area contributed by atoms with Crippen LogP contribution in [-0.4, -0.2) is 14.5 Å². The summed E-state index contributed by atoms with van der Waals surface area (Å²) >= 11 is 5.42. The first-order chi connectivity index (χ1) is 9.08. The molecule has 0 aliphatic rings. The van der Waals surface area contributed by atoms with Crippen LogP contribution >= 0.6 is 12.2 Å². The lowest BCUT2D eigenvalue weighted by molar-refractivity contribution is 0.529. The summed E-state index contributed by atoms with van der Waals surface area (Å²) in [4.78, 5) is 7.61. The number of aromatic amines is 1. The van der Waals surface area contributed by atoms with E-state index >= 15 is 0 Å². The maximum absolute atomic E-state index is 6.03. The molecule has 98 valence electrons. The monoisotopic (exact) mass is 272 g/mol. The van der Waals surface area contributed by atoms with Crippen LogP contribution in [-0.2, 0) is 6.54 Å². The molecule has 0 aliphatic heterocycles. The summed E-state index contributed by atoms with van der Waals surface area (Å²) in [6, 6.07) is 8.01. The van der Waals surface area contributed by atoms with Gasteiger partial charge in [-0.1, -0.05) is 32.0 Å². The Balaban J connectivity index is 2.49. The van der Waals surface area contributed by atoms with E-state index in [2.05, 4.69) is 34.4 Å². The molecule has 2 heterocycles. The fourth-order valence-electron chi connectivity index (χ4n) is 2.43. The van der Waals surface area contributed by atoms with Crippen LogP contribution in [0.2, 0.25) is 0 Å². The van der Waals surface area contributed by atoms with E-state index in [0.717, 1.165) is 28.5 Å². The number of nitrogens with zero attached hydrogens (tertiary/aromatic N) is 2. The Morgan fingerprint density at radius 2 is 2.11 bits per heavy atom. The average molecular weight is 272 g/mol. The van der Waals surface area contributed by atoms with Gasteiger partial charge in [0.25, 0.3) is 0 Å². The number of imidazole rings is 1. The Morgan fingerprint density at radius 3 is 2.84 bits per heavy atom. The van der Waals surface area contributed by atoms with Crippen molar-refractivity contribution in [1.29, 1.82) is 0 Å². The van der Waals surface area contributed by atoms with Crippen molar-refractivity contribution in [2.75, 3.05) is 5.73 Å². The molecule has 2 aromatic heterocycles. The van der Waals surface area contributed by atoms with Crippen molar-refractivity contribution in [1.82, 2.24) is 14.5 Å². The first kappa shape index (κ1) is 12.2. The number of anilines is 1. The van der Waals surface area contributed by atoms with Gasteiger partial charge in [-0.25, -0.2) is 4.98 Å². The normalized spacial score (nSPS) is 11.7. The van der Waals surface area contributed by atoms with E-state index in [9.17, 15) is 0 Å². The SMILES string of the molecule is CC(C)Cn1c(=S)[nH]c2c(N)nc3ccccc3c21. The van der Waals surface area contributed by atoms with Crippen LogP contribution in [0.5, 0.6) is 0 Å². The number of aromatic nitrogens is 3. The van der Waals surface area contributed by atoms with Gasteiger partial charge in [0.15, 0.2) is 4.77 Å². The van der Waals surface area contributed by atoms with Gasteiger partial charge in [0, 0.05) is 11.9 Å². The summed E-state index contributed by atoms with van der Waals surface area (Å²) < 4.78 is 2.82. The second-order valence-corrected chi connectivity index (χ2v) is 5.56. The molecule has 0 fully saturated rings. The van der Waals surface area contributed by atoms with Gasteiger partial charge in [-0.2, -0.15) is 0 Å². The lowest BCUT2D eigenvalue weighted by atomic mass is 10.1. The quantitative estimate of drug-likeness (QED) is 0.702. The molecule has 0 radical (unpaired) electrons. The van der Waals surface area contributed by atoms with Crippen LogP contribution in [0.4, 0.5) is 5.82 Å². The summed E-state index contributed by atoms with van der Waals surface area (Å²) in [5.41, 5.74) is 8.83. The van der Waals surface area contributed by atoms with Crippen LogP contribution in [0.15, 0.2) is 24.3 Å². The lowest BCUT2D eigenvalue weighted by Gasteiger charge is -2.09. The minimum Gasteiger partial charge on any atom is -0.382 e. The van der Waals surface area contributed by atoms with Crippen molar-refractivity contribution in [3.05, 3.63) is 29.0 Å².